The zero-order chi connectivity index (χ0) is 27.6. The summed E-state index contributed by atoms with van der Waals surface area (Å²) in [5, 5.41) is 2.87. The third-order valence-corrected chi connectivity index (χ3v) is 6.58. The van der Waals surface area contributed by atoms with Crippen molar-refractivity contribution in [2.24, 2.45) is 0 Å². The average molecular weight is 533 g/mol. The Hall–Kier alpha value is -1.39. The van der Waals surface area contributed by atoms with Crippen LogP contribution in [0.1, 0.15) is 91.7 Å². The first kappa shape index (κ1) is 32.8. The van der Waals surface area contributed by atoms with Crippen LogP contribution in [0.4, 0.5) is 5.82 Å². The summed E-state index contributed by atoms with van der Waals surface area (Å²) in [6.45, 7) is 12.9. The van der Waals surface area contributed by atoms with E-state index in [1.54, 1.807) is 12.3 Å². The molecule has 0 saturated carbocycles. The molecule has 1 fully saturated rings. The Kier molecular flexibility index (Phi) is 17.0. The van der Waals surface area contributed by atoms with Crippen molar-refractivity contribution in [2.45, 2.75) is 116 Å². The van der Waals surface area contributed by atoms with Gasteiger partial charge in [-0.05, 0) is 0 Å². The van der Waals surface area contributed by atoms with Crippen molar-refractivity contribution < 1.29 is 23.7 Å². The van der Waals surface area contributed by atoms with E-state index < -0.39 is 18.0 Å². The van der Waals surface area contributed by atoms with Crippen LogP contribution >= 0.6 is 0 Å². The molecule has 11 heteroatoms. The summed E-state index contributed by atoms with van der Waals surface area (Å²) in [5.74, 6) is 0.437. The van der Waals surface area contributed by atoms with E-state index in [2.05, 4.69) is 45.3 Å². The summed E-state index contributed by atoms with van der Waals surface area (Å²) >= 11 is 0. The summed E-state index contributed by atoms with van der Waals surface area (Å²) in [5.41, 5.74) is -0.409. The zero-order valence-corrected chi connectivity index (χ0v) is 24.1. The van der Waals surface area contributed by atoms with Gasteiger partial charge in [0.2, 0.25) is 0 Å². The van der Waals surface area contributed by atoms with Crippen molar-refractivity contribution >= 4 is 20.1 Å². The van der Waals surface area contributed by atoms with Gasteiger partial charge in [0.15, 0.2) is 0 Å². The molecule has 0 aliphatic carbocycles. The molecule has 38 heavy (non-hydrogen) atoms. The second-order valence-electron chi connectivity index (χ2n) is 9.79. The van der Waals surface area contributed by atoms with Gasteiger partial charge >= 0.3 is 184 Å². The van der Waals surface area contributed by atoms with E-state index >= 15 is 0 Å². The molecule has 214 valence electrons. The number of nitrogens with zero attached hydrogens (tertiary/aromatic N) is 2. The first-order valence-corrected chi connectivity index (χ1v) is 14.6. The average Bonchev–Trinajstić information content (AvgIpc) is 3.04. The fourth-order valence-corrected chi connectivity index (χ4v) is 4.34. The summed E-state index contributed by atoms with van der Waals surface area (Å²) in [4.78, 5) is 17.2. The number of hydrogen-bond donors (Lipinski definition) is 1. The molecule has 2 rings (SSSR count). The Morgan fingerprint density at radius 1 is 0.974 bits per heavy atom. The van der Waals surface area contributed by atoms with Crippen LogP contribution in [0.25, 0.3) is 0 Å². The SMILES string of the molecule is B=BNc1ccn([C@@H]2C[C@H](OCCCC)[C@H](OCCCC)[C@H](OCCCC)[C@@H](COCCCC)O2)c(=O)n1. The Morgan fingerprint density at radius 2 is 1.58 bits per heavy atom. The molecular weight excluding hydrogens is 484 g/mol. The van der Waals surface area contributed by atoms with Crippen LogP contribution in [0.3, 0.4) is 0 Å². The van der Waals surface area contributed by atoms with Gasteiger partial charge in [0, 0.05) is 0 Å². The fourth-order valence-electron chi connectivity index (χ4n) is 4.34. The minimum atomic E-state index is -0.601. The number of hydrogen-bond acceptors (Lipinski definition) is 8. The Morgan fingerprint density at radius 3 is 2.18 bits per heavy atom. The zero-order valence-electron chi connectivity index (χ0n) is 24.1. The second-order valence-corrected chi connectivity index (χ2v) is 9.79. The van der Waals surface area contributed by atoms with Crippen molar-refractivity contribution in [3.8, 4) is 0 Å². The number of anilines is 1. The number of rotatable bonds is 20. The predicted molar refractivity (Wildman–Crippen MR) is 153 cm³/mol. The van der Waals surface area contributed by atoms with Crippen LogP contribution in [0.15, 0.2) is 17.1 Å². The van der Waals surface area contributed by atoms with Gasteiger partial charge in [-0.3, -0.25) is 0 Å². The third-order valence-electron chi connectivity index (χ3n) is 6.58. The number of unbranched alkanes of at least 4 members (excludes halogenated alkanes) is 4. The monoisotopic (exact) mass is 533 g/mol. The van der Waals surface area contributed by atoms with E-state index in [0.29, 0.717) is 45.3 Å². The van der Waals surface area contributed by atoms with Gasteiger partial charge in [-0.15, -0.1) is 0 Å². The standard InChI is InChI=1S/C27H49B2N3O6/c1-5-9-15-34-20-22-26(37-18-12-8-4)25(36-17-11-7-3)21(35-16-10-6-2)19-24(38-22)32-14-13-23(31-29-28)30-27(32)33/h13-14,21-22,24-26,28H,5-12,15-20H2,1-4H3,(H,30,31,33)/t21-,22+,24-,25-,26+/m0/s1. The second kappa shape index (κ2) is 19.6. The molecule has 0 radical (unpaired) electrons. The summed E-state index contributed by atoms with van der Waals surface area (Å²) in [6, 6.07) is 1.74. The molecule has 1 aliphatic heterocycles. The minimum absolute atomic E-state index is 0.312. The van der Waals surface area contributed by atoms with Gasteiger partial charge < -0.3 is 0 Å². The van der Waals surface area contributed by atoms with Gasteiger partial charge in [0.1, 0.15) is 0 Å². The van der Waals surface area contributed by atoms with Crippen molar-refractivity contribution in [2.75, 3.05) is 38.3 Å². The van der Waals surface area contributed by atoms with Crippen LogP contribution in [0.5, 0.6) is 0 Å². The summed E-state index contributed by atoms with van der Waals surface area (Å²) in [7, 11) is 3.64. The van der Waals surface area contributed by atoms with Crippen LogP contribution in [0, 0.1) is 0 Å². The summed E-state index contributed by atoms with van der Waals surface area (Å²) < 4.78 is 33.7. The molecule has 1 aromatic heterocycles. The quantitative estimate of drug-likeness (QED) is 0.200. The Balaban J connectivity index is 2.45. The van der Waals surface area contributed by atoms with Crippen LogP contribution in [-0.4, -0.2) is 81.3 Å². The van der Waals surface area contributed by atoms with Crippen molar-refractivity contribution in [1.29, 1.82) is 0 Å². The van der Waals surface area contributed by atoms with Gasteiger partial charge in [-0.2, -0.15) is 0 Å². The maximum absolute atomic E-state index is 13.0. The molecule has 1 aromatic rings. The molecule has 0 unspecified atom stereocenters. The van der Waals surface area contributed by atoms with E-state index in [9.17, 15) is 4.79 Å². The van der Waals surface area contributed by atoms with E-state index in [1.807, 2.05) is 0 Å². The van der Waals surface area contributed by atoms with Crippen LogP contribution < -0.4 is 10.9 Å². The van der Waals surface area contributed by atoms with Crippen molar-refractivity contribution in [3.63, 3.8) is 0 Å². The molecule has 1 aliphatic rings. The number of nitrogens with one attached hydrogen (secondary N) is 1. The van der Waals surface area contributed by atoms with Gasteiger partial charge in [0.25, 0.3) is 0 Å². The van der Waals surface area contributed by atoms with E-state index in [-0.39, 0.29) is 18.3 Å². The predicted octanol–water partition coefficient (Wildman–Crippen LogP) is 3.75. The Bertz CT molecular complexity index is 830. The van der Waals surface area contributed by atoms with E-state index in [4.69, 9.17) is 23.7 Å². The molecule has 1 N–H and O–H groups in total. The summed E-state index contributed by atoms with van der Waals surface area (Å²) in [6.07, 6.45) is 8.00. The van der Waals surface area contributed by atoms with Crippen molar-refractivity contribution in [3.05, 3.63) is 22.7 Å². The fraction of sp³-hybridized carbons (Fsp3) is 0.852. The molecule has 1 saturated heterocycles. The van der Waals surface area contributed by atoms with Crippen molar-refractivity contribution in [1.82, 2.24) is 9.55 Å². The van der Waals surface area contributed by atoms with Gasteiger partial charge in [0.05, 0.1) is 0 Å². The van der Waals surface area contributed by atoms with E-state index in [1.165, 1.54) is 11.5 Å². The molecule has 0 bridgehead atoms. The number of ether oxygens (including phenoxy) is 5. The normalized spacial score (nSPS) is 23.6. The molecular formula is C27H49B2N3O6. The third kappa shape index (κ3) is 11.0. The molecule has 9 nitrogen and oxygen atoms in total. The molecule has 0 amide bonds. The number of aromatic nitrogens is 2. The first-order chi connectivity index (χ1) is 18.6. The Labute approximate surface area is 230 Å². The van der Waals surface area contributed by atoms with E-state index in [0.717, 1.165) is 51.4 Å². The van der Waals surface area contributed by atoms with Gasteiger partial charge in [-0.25, -0.2) is 0 Å². The maximum atomic E-state index is 13.0. The molecule has 2 heterocycles. The molecule has 0 spiro atoms. The topological polar surface area (TPSA) is 93.1 Å². The first-order valence-electron chi connectivity index (χ1n) is 14.6. The van der Waals surface area contributed by atoms with Crippen LogP contribution in [0.2, 0.25) is 0 Å². The van der Waals surface area contributed by atoms with Gasteiger partial charge in [-0.1, -0.05) is 47.0 Å². The van der Waals surface area contributed by atoms with Crippen LogP contribution in [-0.2, 0) is 23.7 Å². The molecule has 5 atom stereocenters. The molecule has 0 aromatic carbocycles.